The fourth-order valence-corrected chi connectivity index (χ4v) is 2.05. The molecule has 0 bridgehead atoms. The first kappa shape index (κ1) is 14.8. The fraction of sp³-hybridized carbons (Fsp3) is 0.200. The molecule has 0 radical (unpaired) electrons. The summed E-state index contributed by atoms with van der Waals surface area (Å²) in [4.78, 5) is 16.1. The maximum Gasteiger partial charge on any atom is 0.251 e. The Morgan fingerprint density at radius 3 is 2.70 bits per heavy atom. The predicted octanol–water partition coefficient (Wildman–Crippen LogP) is 3.75. The van der Waals surface area contributed by atoms with Gasteiger partial charge in [0, 0.05) is 24.0 Å². The monoisotopic (exact) mass is 308 g/mol. The quantitative estimate of drug-likeness (QED) is 0.855. The summed E-state index contributed by atoms with van der Waals surface area (Å²) in [5, 5.41) is 3.67. The van der Waals surface area contributed by atoms with Gasteiger partial charge in [0.2, 0.25) is 0 Å². The van der Waals surface area contributed by atoms with Gasteiger partial charge in [-0.15, -0.1) is 0 Å². The molecule has 20 heavy (non-hydrogen) atoms. The van der Waals surface area contributed by atoms with Crippen molar-refractivity contribution in [2.45, 2.75) is 12.8 Å². The Bertz CT molecular complexity index is 588. The van der Waals surface area contributed by atoms with Crippen molar-refractivity contribution in [3.8, 4) is 0 Å². The molecule has 104 valence electrons. The van der Waals surface area contributed by atoms with Crippen molar-refractivity contribution in [1.29, 1.82) is 0 Å². The lowest BCUT2D eigenvalue weighted by atomic mass is 10.2. The van der Waals surface area contributed by atoms with E-state index >= 15 is 0 Å². The number of halogens is 2. The van der Waals surface area contributed by atoms with Gasteiger partial charge >= 0.3 is 0 Å². The van der Waals surface area contributed by atoms with E-state index in [2.05, 4.69) is 10.3 Å². The lowest BCUT2D eigenvalue weighted by Gasteiger charge is -2.06. The average molecular weight is 309 g/mol. The zero-order valence-electron chi connectivity index (χ0n) is 10.8. The van der Waals surface area contributed by atoms with Gasteiger partial charge in [-0.2, -0.15) is 0 Å². The van der Waals surface area contributed by atoms with Crippen LogP contribution in [0.25, 0.3) is 0 Å². The molecule has 1 aromatic carbocycles. The number of aryl methyl sites for hydroxylation is 1. The van der Waals surface area contributed by atoms with Crippen LogP contribution in [0.2, 0.25) is 10.0 Å². The average Bonchev–Trinajstić information content (AvgIpc) is 2.47. The van der Waals surface area contributed by atoms with E-state index in [4.69, 9.17) is 23.2 Å². The van der Waals surface area contributed by atoms with Crippen molar-refractivity contribution in [1.82, 2.24) is 10.3 Å². The van der Waals surface area contributed by atoms with Crippen molar-refractivity contribution < 1.29 is 4.79 Å². The summed E-state index contributed by atoms with van der Waals surface area (Å²) < 4.78 is 0. The molecule has 0 aliphatic heterocycles. The first-order valence-corrected chi connectivity index (χ1v) is 7.05. The number of carbonyl (C=O) groups excluding carboxylic acids is 1. The molecule has 0 atom stereocenters. The van der Waals surface area contributed by atoms with Gasteiger partial charge in [-0.1, -0.05) is 29.3 Å². The predicted molar refractivity (Wildman–Crippen MR) is 81.4 cm³/mol. The fourth-order valence-electron chi connectivity index (χ4n) is 1.76. The summed E-state index contributed by atoms with van der Waals surface area (Å²) >= 11 is 11.7. The van der Waals surface area contributed by atoms with Gasteiger partial charge in [0.15, 0.2) is 0 Å². The Hall–Kier alpha value is -1.58. The van der Waals surface area contributed by atoms with E-state index in [0.29, 0.717) is 22.2 Å². The Labute approximate surface area is 127 Å². The maximum atomic E-state index is 11.9. The SMILES string of the molecule is O=C(NCCCc1ccccn1)c1ccc(Cl)c(Cl)c1. The van der Waals surface area contributed by atoms with Crippen LogP contribution in [-0.2, 0) is 6.42 Å². The van der Waals surface area contributed by atoms with Gasteiger partial charge in [0.25, 0.3) is 5.91 Å². The van der Waals surface area contributed by atoms with Crippen LogP contribution in [0, 0.1) is 0 Å². The summed E-state index contributed by atoms with van der Waals surface area (Å²) in [7, 11) is 0. The number of amides is 1. The first-order chi connectivity index (χ1) is 9.66. The van der Waals surface area contributed by atoms with Crippen LogP contribution >= 0.6 is 23.2 Å². The molecular formula is C15H14Cl2N2O. The minimum atomic E-state index is -0.149. The number of aromatic nitrogens is 1. The highest BCUT2D eigenvalue weighted by Crippen LogP contribution is 2.22. The molecule has 0 aliphatic rings. The highest BCUT2D eigenvalue weighted by Gasteiger charge is 2.07. The Morgan fingerprint density at radius 1 is 1.15 bits per heavy atom. The molecule has 0 aliphatic carbocycles. The van der Waals surface area contributed by atoms with E-state index < -0.39 is 0 Å². The number of hydrogen-bond acceptors (Lipinski definition) is 2. The van der Waals surface area contributed by atoms with Crippen LogP contribution in [0.1, 0.15) is 22.5 Å². The molecule has 1 N–H and O–H groups in total. The Morgan fingerprint density at radius 2 is 2.00 bits per heavy atom. The highest BCUT2D eigenvalue weighted by molar-refractivity contribution is 6.42. The van der Waals surface area contributed by atoms with Crippen LogP contribution in [0.15, 0.2) is 42.6 Å². The van der Waals surface area contributed by atoms with Gasteiger partial charge in [-0.3, -0.25) is 9.78 Å². The van der Waals surface area contributed by atoms with Crippen LogP contribution in [0.3, 0.4) is 0 Å². The van der Waals surface area contributed by atoms with Gasteiger partial charge in [0.05, 0.1) is 10.0 Å². The van der Waals surface area contributed by atoms with Crippen LogP contribution in [0.5, 0.6) is 0 Å². The highest BCUT2D eigenvalue weighted by atomic mass is 35.5. The molecule has 0 spiro atoms. The van der Waals surface area contributed by atoms with E-state index in [-0.39, 0.29) is 5.91 Å². The van der Waals surface area contributed by atoms with E-state index in [9.17, 15) is 4.79 Å². The number of carbonyl (C=O) groups is 1. The molecule has 0 unspecified atom stereocenters. The lowest BCUT2D eigenvalue weighted by Crippen LogP contribution is -2.24. The molecular weight excluding hydrogens is 295 g/mol. The van der Waals surface area contributed by atoms with Crippen LogP contribution < -0.4 is 5.32 Å². The third-order valence-corrected chi connectivity index (χ3v) is 3.54. The van der Waals surface area contributed by atoms with Gasteiger partial charge < -0.3 is 5.32 Å². The van der Waals surface area contributed by atoms with Crippen molar-refractivity contribution in [2.75, 3.05) is 6.54 Å². The number of nitrogens with one attached hydrogen (secondary N) is 1. The van der Waals surface area contributed by atoms with Gasteiger partial charge in [-0.25, -0.2) is 0 Å². The van der Waals surface area contributed by atoms with Crippen molar-refractivity contribution in [3.05, 3.63) is 63.9 Å². The van der Waals surface area contributed by atoms with Crippen molar-refractivity contribution in [2.24, 2.45) is 0 Å². The molecule has 1 amide bonds. The largest absolute Gasteiger partial charge is 0.352 e. The smallest absolute Gasteiger partial charge is 0.251 e. The lowest BCUT2D eigenvalue weighted by molar-refractivity contribution is 0.0953. The molecule has 0 fully saturated rings. The molecule has 0 saturated carbocycles. The maximum absolute atomic E-state index is 11.9. The topological polar surface area (TPSA) is 42.0 Å². The summed E-state index contributed by atoms with van der Waals surface area (Å²) in [6.07, 6.45) is 3.44. The number of hydrogen-bond donors (Lipinski definition) is 1. The van der Waals surface area contributed by atoms with Crippen LogP contribution in [-0.4, -0.2) is 17.4 Å². The second kappa shape index (κ2) is 7.27. The molecule has 5 heteroatoms. The van der Waals surface area contributed by atoms with Crippen molar-refractivity contribution in [3.63, 3.8) is 0 Å². The molecule has 1 aromatic heterocycles. The third kappa shape index (κ3) is 4.22. The van der Waals surface area contributed by atoms with E-state index in [0.717, 1.165) is 18.5 Å². The number of rotatable bonds is 5. The molecule has 3 nitrogen and oxygen atoms in total. The van der Waals surface area contributed by atoms with Gasteiger partial charge in [0.1, 0.15) is 0 Å². The second-order valence-electron chi connectivity index (χ2n) is 4.31. The summed E-state index contributed by atoms with van der Waals surface area (Å²) in [5.41, 5.74) is 1.54. The summed E-state index contributed by atoms with van der Waals surface area (Å²) in [6, 6.07) is 10.7. The number of nitrogens with zero attached hydrogens (tertiary/aromatic N) is 1. The van der Waals surface area contributed by atoms with Crippen molar-refractivity contribution >= 4 is 29.1 Å². The third-order valence-electron chi connectivity index (χ3n) is 2.80. The number of pyridine rings is 1. The standard InChI is InChI=1S/C15H14Cl2N2O/c16-13-7-6-11(10-14(13)17)15(20)19-9-3-5-12-4-1-2-8-18-12/h1-2,4,6-8,10H,3,5,9H2,(H,19,20). The minimum Gasteiger partial charge on any atom is -0.352 e. The number of benzene rings is 1. The molecule has 2 rings (SSSR count). The summed E-state index contributed by atoms with van der Waals surface area (Å²) in [6.45, 7) is 0.593. The second-order valence-corrected chi connectivity index (χ2v) is 5.12. The zero-order chi connectivity index (χ0) is 14.4. The Kier molecular flexibility index (Phi) is 5.39. The van der Waals surface area contributed by atoms with E-state index in [1.165, 1.54) is 0 Å². The summed E-state index contributed by atoms with van der Waals surface area (Å²) in [5.74, 6) is -0.149. The van der Waals surface area contributed by atoms with Gasteiger partial charge in [-0.05, 0) is 43.2 Å². The van der Waals surface area contributed by atoms with Crippen LogP contribution in [0.4, 0.5) is 0 Å². The molecule has 2 aromatic rings. The molecule has 0 saturated heterocycles. The molecule has 1 heterocycles. The Balaban J connectivity index is 1.79. The zero-order valence-corrected chi connectivity index (χ0v) is 12.3. The first-order valence-electron chi connectivity index (χ1n) is 6.30. The van der Waals surface area contributed by atoms with E-state index in [1.54, 1.807) is 24.4 Å². The van der Waals surface area contributed by atoms with E-state index in [1.807, 2.05) is 18.2 Å². The normalized spacial score (nSPS) is 10.3. The minimum absolute atomic E-state index is 0.149.